The lowest BCUT2D eigenvalue weighted by atomic mass is 10.0. The molecule has 0 aliphatic rings. The second kappa shape index (κ2) is 7.08. The number of thioether (sulfide) groups is 1. The molecular formula is C15H17NS3. The molecular weight excluding hydrogens is 290 g/mol. The Morgan fingerprint density at radius 3 is 2.53 bits per heavy atom. The Bertz CT molecular complexity index is 507. The molecule has 1 aromatic carbocycles. The molecule has 19 heavy (non-hydrogen) atoms. The van der Waals surface area contributed by atoms with Crippen molar-refractivity contribution in [2.45, 2.75) is 13.0 Å². The number of thiocarbonyl (C=S) groups is 1. The summed E-state index contributed by atoms with van der Waals surface area (Å²) in [5.74, 6) is 0.309. The van der Waals surface area contributed by atoms with Gasteiger partial charge in [0, 0.05) is 16.5 Å². The molecule has 0 radical (unpaired) electrons. The fraction of sp³-hybridized carbons (Fsp3) is 0.267. The van der Waals surface area contributed by atoms with Gasteiger partial charge in [-0.2, -0.15) is 0 Å². The van der Waals surface area contributed by atoms with E-state index in [1.807, 2.05) is 24.5 Å². The second-order valence-corrected chi connectivity index (χ2v) is 6.84. The molecule has 0 saturated carbocycles. The van der Waals surface area contributed by atoms with Gasteiger partial charge in [0.05, 0.1) is 10.2 Å². The third kappa shape index (κ3) is 3.81. The van der Waals surface area contributed by atoms with E-state index in [0.717, 1.165) is 9.88 Å². The van der Waals surface area contributed by atoms with Crippen LogP contribution in [-0.4, -0.2) is 10.5 Å². The molecule has 2 aromatic rings. The van der Waals surface area contributed by atoms with Crippen LogP contribution in [-0.2, 0) is 0 Å². The average molecular weight is 308 g/mol. The molecule has 0 aliphatic carbocycles. The molecule has 1 nitrogen and oxygen atoms in total. The van der Waals surface area contributed by atoms with Crippen LogP contribution in [0, 0.1) is 5.92 Å². The molecule has 100 valence electrons. The van der Waals surface area contributed by atoms with Crippen molar-refractivity contribution in [2.75, 3.05) is 11.6 Å². The SMILES string of the molecule is CSC(=S)[C@H](C)[C@H](Nc1ccccc1)c1cccs1. The Kier molecular flexibility index (Phi) is 5.43. The zero-order valence-corrected chi connectivity index (χ0v) is 13.4. The van der Waals surface area contributed by atoms with Crippen LogP contribution in [0.3, 0.4) is 0 Å². The summed E-state index contributed by atoms with van der Waals surface area (Å²) >= 11 is 8.91. The van der Waals surface area contributed by atoms with E-state index in [2.05, 4.69) is 41.9 Å². The maximum absolute atomic E-state index is 5.47. The summed E-state index contributed by atoms with van der Waals surface area (Å²) < 4.78 is 1.04. The second-order valence-electron chi connectivity index (χ2n) is 4.32. The maximum atomic E-state index is 5.47. The predicted octanol–water partition coefficient (Wildman–Crippen LogP) is 5.23. The Morgan fingerprint density at radius 2 is 1.95 bits per heavy atom. The number of para-hydroxylation sites is 1. The number of nitrogens with one attached hydrogen (secondary N) is 1. The molecule has 2 rings (SSSR count). The van der Waals surface area contributed by atoms with Gasteiger partial charge in [0.2, 0.25) is 0 Å². The van der Waals surface area contributed by atoms with Crippen LogP contribution < -0.4 is 5.32 Å². The lowest BCUT2D eigenvalue weighted by Crippen LogP contribution is -2.22. The standard InChI is InChI=1S/C15H17NS3/c1-11(15(17)18-2)14(13-9-6-10-19-13)16-12-7-4-3-5-8-12/h3-11,14,16H,1-2H3/t11-,14+/m1/s1. The molecule has 2 atom stereocenters. The molecule has 0 unspecified atom stereocenters. The zero-order valence-electron chi connectivity index (χ0n) is 11.0. The molecule has 0 spiro atoms. The lowest BCUT2D eigenvalue weighted by Gasteiger charge is -2.25. The van der Waals surface area contributed by atoms with E-state index in [9.17, 15) is 0 Å². The van der Waals surface area contributed by atoms with Crippen molar-refractivity contribution in [1.29, 1.82) is 0 Å². The molecule has 0 saturated heterocycles. The van der Waals surface area contributed by atoms with Gasteiger partial charge in [-0.25, -0.2) is 0 Å². The average Bonchev–Trinajstić information content (AvgIpc) is 2.98. The highest BCUT2D eigenvalue weighted by Crippen LogP contribution is 2.32. The molecule has 1 aromatic heterocycles. The first-order chi connectivity index (χ1) is 9.22. The van der Waals surface area contributed by atoms with Crippen LogP contribution in [0.25, 0.3) is 0 Å². The third-order valence-electron chi connectivity index (χ3n) is 3.02. The van der Waals surface area contributed by atoms with Crippen molar-refractivity contribution in [1.82, 2.24) is 0 Å². The summed E-state index contributed by atoms with van der Waals surface area (Å²) in [6, 6.07) is 14.8. The molecule has 4 heteroatoms. The van der Waals surface area contributed by atoms with Crippen molar-refractivity contribution >= 4 is 45.2 Å². The number of anilines is 1. The van der Waals surface area contributed by atoms with Crippen LogP contribution >= 0.6 is 35.3 Å². The fourth-order valence-electron chi connectivity index (χ4n) is 1.95. The minimum absolute atomic E-state index is 0.238. The van der Waals surface area contributed by atoms with E-state index in [0.29, 0.717) is 5.92 Å². The maximum Gasteiger partial charge on any atom is 0.0685 e. The van der Waals surface area contributed by atoms with E-state index in [1.165, 1.54) is 4.88 Å². The highest BCUT2D eigenvalue weighted by molar-refractivity contribution is 8.22. The Hall–Kier alpha value is -0.840. The van der Waals surface area contributed by atoms with Gasteiger partial charge >= 0.3 is 0 Å². The molecule has 1 N–H and O–H groups in total. The van der Waals surface area contributed by atoms with Gasteiger partial charge < -0.3 is 5.32 Å². The van der Waals surface area contributed by atoms with Crippen LogP contribution in [0.5, 0.6) is 0 Å². The molecule has 0 amide bonds. The summed E-state index contributed by atoms with van der Waals surface area (Å²) in [7, 11) is 0. The van der Waals surface area contributed by atoms with E-state index in [4.69, 9.17) is 12.2 Å². The molecule has 0 aliphatic heterocycles. The van der Waals surface area contributed by atoms with Crippen LogP contribution in [0.4, 0.5) is 5.69 Å². The minimum Gasteiger partial charge on any atom is -0.377 e. The number of thiophene rings is 1. The topological polar surface area (TPSA) is 12.0 Å². The van der Waals surface area contributed by atoms with E-state index in [-0.39, 0.29) is 6.04 Å². The highest BCUT2D eigenvalue weighted by Gasteiger charge is 2.23. The molecule has 0 bridgehead atoms. The summed E-state index contributed by atoms with van der Waals surface area (Å²) in [5, 5.41) is 5.72. The van der Waals surface area contributed by atoms with Gasteiger partial charge in [-0.1, -0.05) is 43.4 Å². The third-order valence-corrected chi connectivity index (χ3v) is 5.62. The first kappa shape index (κ1) is 14.6. The van der Waals surface area contributed by atoms with Gasteiger partial charge in [0.15, 0.2) is 0 Å². The number of hydrogen-bond acceptors (Lipinski definition) is 4. The fourth-order valence-corrected chi connectivity index (χ4v) is 3.47. The van der Waals surface area contributed by atoms with Gasteiger partial charge in [-0.15, -0.1) is 23.1 Å². The smallest absolute Gasteiger partial charge is 0.0685 e. The summed E-state index contributed by atoms with van der Waals surface area (Å²) in [4.78, 5) is 1.33. The Balaban J connectivity index is 2.22. The highest BCUT2D eigenvalue weighted by atomic mass is 32.2. The minimum atomic E-state index is 0.238. The van der Waals surface area contributed by atoms with Crippen molar-refractivity contribution in [3.63, 3.8) is 0 Å². The summed E-state index contributed by atoms with van der Waals surface area (Å²) in [5.41, 5.74) is 1.14. The first-order valence-corrected chi connectivity index (χ1v) is 8.66. The van der Waals surface area contributed by atoms with Crippen molar-refractivity contribution in [3.8, 4) is 0 Å². The van der Waals surface area contributed by atoms with Gasteiger partial charge in [-0.3, -0.25) is 0 Å². The number of benzene rings is 1. The van der Waals surface area contributed by atoms with E-state index >= 15 is 0 Å². The predicted molar refractivity (Wildman–Crippen MR) is 92.4 cm³/mol. The van der Waals surface area contributed by atoms with Crippen molar-refractivity contribution < 1.29 is 0 Å². The quantitative estimate of drug-likeness (QED) is 0.760. The zero-order chi connectivity index (χ0) is 13.7. The normalized spacial score (nSPS) is 13.8. The van der Waals surface area contributed by atoms with Crippen LogP contribution in [0.1, 0.15) is 17.8 Å². The van der Waals surface area contributed by atoms with Crippen molar-refractivity contribution in [3.05, 3.63) is 52.7 Å². The Morgan fingerprint density at radius 1 is 1.21 bits per heavy atom. The van der Waals surface area contributed by atoms with Gasteiger partial charge in [-0.05, 0) is 29.8 Å². The summed E-state index contributed by atoms with van der Waals surface area (Å²) in [6.07, 6.45) is 2.05. The van der Waals surface area contributed by atoms with E-state index < -0.39 is 0 Å². The number of rotatable bonds is 5. The van der Waals surface area contributed by atoms with Crippen molar-refractivity contribution in [2.24, 2.45) is 5.92 Å². The molecule has 0 fully saturated rings. The largest absolute Gasteiger partial charge is 0.377 e. The Labute approximate surface area is 128 Å². The number of hydrogen-bond donors (Lipinski definition) is 1. The van der Waals surface area contributed by atoms with Gasteiger partial charge in [0.1, 0.15) is 0 Å². The van der Waals surface area contributed by atoms with Crippen LogP contribution in [0.2, 0.25) is 0 Å². The van der Waals surface area contributed by atoms with Crippen LogP contribution in [0.15, 0.2) is 47.8 Å². The first-order valence-electron chi connectivity index (χ1n) is 6.15. The van der Waals surface area contributed by atoms with E-state index in [1.54, 1.807) is 23.1 Å². The lowest BCUT2D eigenvalue weighted by molar-refractivity contribution is 0.661. The summed E-state index contributed by atoms with van der Waals surface area (Å²) in [6.45, 7) is 2.19. The monoisotopic (exact) mass is 307 g/mol. The van der Waals surface area contributed by atoms with Gasteiger partial charge in [0.25, 0.3) is 0 Å². The molecule has 1 heterocycles.